The minimum Gasteiger partial charge on any atom is -0.372 e. The summed E-state index contributed by atoms with van der Waals surface area (Å²) in [4.78, 5) is 0. The Morgan fingerprint density at radius 2 is 2.00 bits per heavy atom. The lowest BCUT2D eigenvalue weighted by molar-refractivity contribution is 0.0660. The van der Waals surface area contributed by atoms with Crippen LogP contribution in [0, 0.1) is 5.92 Å². The van der Waals surface area contributed by atoms with Crippen molar-refractivity contribution in [3.63, 3.8) is 0 Å². The molecule has 0 amide bonds. The van der Waals surface area contributed by atoms with Crippen molar-refractivity contribution in [3.8, 4) is 0 Å². The minimum atomic E-state index is 0.208. The number of ether oxygens (including phenoxy) is 1. The number of nitrogens with one attached hydrogen (secondary N) is 1. The zero-order valence-corrected chi connectivity index (χ0v) is 12.5. The molecule has 0 spiro atoms. The summed E-state index contributed by atoms with van der Waals surface area (Å²) in [7, 11) is 0. The number of benzene rings is 1. The molecule has 19 heavy (non-hydrogen) atoms. The van der Waals surface area contributed by atoms with Crippen LogP contribution in [0.15, 0.2) is 24.3 Å². The van der Waals surface area contributed by atoms with Crippen LogP contribution in [0.5, 0.6) is 0 Å². The lowest BCUT2D eigenvalue weighted by Gasteiger charge is -2.20. The van der Waals surface area contributed by atoms with E-state index in [9.17, 15) is 0 Å². The molecule has 106 valence electrons. The van der Waals surface area contributed by atoms with Crippen LogP contribution in [-0.2, 0) is 11.2 Å². The van der Waals surface area contributed by atoms with E-state index in [1.807, 2.05) is 0 Å². The number of hydrogen-bond donors (Lipinski definition) is 1. The van der Waals surface area contributed by atoms with E-state index >= 15 is 0 Å². The molecule has 1 saturated heterocycles. The van der Waals surface area contributed by atoms with Crippen LogP contribution in [-0.4, -0.2) is 19.2 Å². The molecular formula is C17H27NO. The van der Waals surface area contributed by atoms with Crippen LogP contribution in [0.25, 0.3) is 0 Å². The average molecular weight is 261 g/mol. The molecule has 0 aromatic heterocycles. The normalized spacial score (nSPS) is 24.4. The standard InChI is InChI=1S/C17H27NO/c1-4-5-14-6-8-15(9-7-14)17-12-18-16(13(2)3)10-11-19-17/h6-9,13,16-18H,4-5,10-12H2,1-3H3. The van der Waals surface area contributed by atoms with Crippen molar-refractivity contribution in [2.45, 2.75) is 52.2 Å². The van der Waals surface area contributed by atoms with E-state index in [1.165, 1.54) is 24.0 Å². The van der Waals surface area contributed by atoms with Crippen molar-refractivity contribution in [2.75, 3.05) is 13.2 Å². The second-order valence-corrected chi connectivity index (χ2v) is 5.90. The maximum absolute atomic E-state index is 6.01. The number of rotatable bonds is 4. The molecule has 2 nitrogen and oxygen atoms in total. The SMILES string of the molecule is CCCc1ccc(C2CNC(C(C)C)CCO2)cc1. The van der Waals surface area contributed by atoms with Gasteiger partial charge in [0.2, 0.25) is 0 Å². The van der Waals surface area contributed by atoms with E-state index in [0.29, 0.717) is 12.0 Å². The first-order chi connectivity index (χ1) is 9.20. The molecule has 1 fully saturated rings. The van der Waals surface area contributed by atoms with Crippen molar-refractivity contribution in [3.05, 3.63) is 35.4 Å². The molecule has 2 rings (SSSR count). The molecule has 2 heteroatoms. The van der Waals surface area contributed by atoms with Crippen LogP contribution < -0.4 is 5.32 Å². The van der Waals surface area contributed by atoms with Gasteiger partial charge in [0, 0.05) is 19.2 Å². The predicted octanol–water partition coefficient (Wildman–Crippen LogP) is 3.71. The zero-order valence-electron chi connectivity index (χ0n) is 12.5. The molecule has 1 aromatic rings. The van der Waals surface area contributed by atoms with Gasteiger partial charge in [-0.3, -0.25) is 0 Å². The van der Waals surface area contributed by atoms with Crippen molar-refractivity contribution in [1.82, 2.24) is 5.32 Å². The van der Waals surface area contributed by atoms with Crippen LogP contribution in [0.3, 0.4) is 0 Å². The van der Waals surface area contributed by atoms with Crippen LogP contribution in [0.2, 0.25) is 0 Å². The van der Waals surface area contributed by atoms with Gasteiger partial charge in [0.1, 0.15) is 0 Å². The van der Waals surface area contributed by atoms with E-state index in [0.717, 1.165) is 19.6 Å². The van der Waals surface area contributed by atoms with E-state index in [2.05, 4.69) is 50.4 Å². The first-order valence-electron chi connectivity index (χ1n) is 7.64. The molecule has 1 N–H and O–H groups in total. The second-order valence-electron chi connectivity index (χ2n) is 5.90. The molecule has 0 radical (unpaired) electrons. The third-order valence-corrected chi connectivity index (χ3v) is 4.01. The molecule has 0 aliphatic carbocycles. The van der Waals surface area contributed by atoms with Gasteiger partial charge in [-0.05, 0) is 29.9 Å². The minimum absolute atomic E-state index is 0.208. The van der Waals surface area contributed by atoms with Gasteiger partial charge in [0.05, 0.1) is 6.10 Å². The maximum atomic E-state index is 6.01. The molecule has 1 aromatic carbocycles. The molecule has 2 unspecified atom stereocenters. The van der Waals surface area contributed by atoms with Crippen molar-refractivity contribution < 1.29 is 4.74 Å². The summed E-state index contributed by atoms with van der Waals surface area (Å²) in [6, 6.07) is 9.53. The lowest BCUT2D eigenvalue weighted by atomic mass is 10.0. The highest BCUT2D eigenvalue weighted by Crippen LogP contribution is 2.22. The van der Waals surface area contributed by atoms with Gasteiger partial charge in [0.25, 0.3) is 0 Å². The number of aryl methyl sites for hydroxylation is 1. The van der Waals surface area contributed by atoms with E-state index in [-0.39, 0.29) is 6.10 Å². The Labute approximate surface area is 117 Å². The summed E-state index contributed by atoms with van der Waals surface area (Å²) in [6.45, 7) is 8.56. The fourth-order valence-corrected chi connectivity index (χ4v) is 2.73. The Kier molecular flexibility index (Phi) is 5.41. The molecular weight excluding hydrogens is 234 g/mol. The van der Waals surface area contributed by atoms with Crippen molar-refractivity contribution in [2.24, 2.45) is 5.92 Å². The summed E-state index contributed by atoms with van der Waals surface area (Å²) in [5.74, 6) is 0.675. The van der Waals surface area contributed by atoms with Gasteiger partial charge in [-0.2, -0.15) is 0 Å². The Balaban J connectivity index is 1.97. The lowest BCUT2D eigenvalue weighted by Crippen LogP contribution is -2.34. The molecule has 2 atom stereocenters. The highest BCUT2D eigenvalue weighted by atomic mass is 16.5. The fourth-order valence-electron chi connectivity index (χ4n) is 2.73. The first-order valence-corrected chi connectivity index (χ1v) is 7.64. The predicted molar refractivity (Wildman–Crippen MR) is 80.4 cm³/mol. The third-order valence-electron chi connectivity index (χ3n) is 4.01. The highest BCUT2D eigenvalue weighted by molar-refractivity contribution is 5.24. The number of hydrogen-bond acceptors (Lipinski definition) is 2. The largest absolute Gasteiger partial charge is 0.372 e. The third kappa shape index (κ3) is 4.05. The molecule has 1 heterocycles. The van der Waals surface area contributed by atoms with Gasteiger partial charge in [0.15, 0.2) is 0 Å². The van der Waals surface area contributed by atoms with Crippen molar-refractivity contribution >= 4 is 0 Å². The summed E-state index contributed by atoms with van der Waals surface area (Å²) in [6.07, 6.45) is 3.69. The monoisotopic (exact) mass is 261 g/mol. The smallest absolute Gasteiger partial charge is 0.0949 e. The van der Waals surface area contributed by atoms with Gasteiger partial charge >= 0.3 is 0 Å². The van der Waals surface area contributed by atoms with Crippen molar-refractivity contribution in [1.29, 1.82) is 0 Å². The summed E-state index contributed by atoms with van der Waals surface area (Å²) in [5, 5.41) is 3.64. The van der Waals surface area contributed by atoms with Gasteiger partial charge in [-0.1, -0.05) is 51.5 Å². The molecule has 1 aliphatic rings. The van der Waals surface area contributed by atoms with Crippen LogP contribution >= 0.6 is 0 Å². The van der Waals surface area contributed by atoms with E-state index < -0.39 is 0 Å². The zero-order chi connectivity index (χ0) is 13.7. The summed E-state index contributed by atoms with van der Waals surface area (Å²) < 4.78 is 6.01. The van der Waals surface area contributed by atoms with Gasteiger partial charge in [-0.25, -0.2) is 0 Å². The molecule has 1 aliphatic heterocycles. The van der Waals surface area contributed by atoms with Gasteiger partial charge in [-0.15, -0.1) is 0 Å². The summed E-state index contributed by atoms with van der Waals surface area (Å²) >= 11 is 0. The topological polar surface area (TPSA) is 21.3 Å². The Morgan fingerprint density at radius 3 is 2.63 bits per heavy atom. The quantitative estimate of drug-likeness (QED) is 0.892. The van der Waals surface area contributed by atoms with E-state index in [4.69, 9.17) is 4.74 Å². The molecule has 0 saturated carbocycles. The summed E-state index contributed by atoms with van der Waals surface area (Å²) in [5.41, 5.74) is 2.73. The van der Waals surface area contributed by atoms with Crippen LogP contribution in [0.4, 0.5) is 0 Å². The highest BCUT2D eigenvalue weighted by Gasteiger charge is 2.21. The first kappa shape index (κ1) is 14.5. The van der Waals surface area contributed by atoms with Gasteiger partial charge < -0.3 is 10.1 Å². The maximum Gasteiger partial charge on any atom is 0.0949 e. The average Bonchev–Trinajstić information content (AvgIpc) is 2.66. The second kappa shape index (κ2) is 7.06. The Hall–Kier alpha value is -0.860. The fraction of sp³-hybridized carbons (Fsp3) is 0.647. The van der Waals surface area contributed by atoms with Crippen LogP contribution in [0.1, 0.15) is 50.8 Å². The Morgan fingerprint density at radius 1 is 1.26 bits per heavy atom. The Bertz CT molecular complexity index is 371. The molecule has 0 bridgehead atoms. The van der Waals surface area contributed by atoms with E-state index in [1.54, 1.807) is 0 Å².